The maximum atomic E-state index is 12.1. The van der Waals surface area contributed by atoms with Crippen LogP contribution < -0.4 is 0 Å². The number of nitrogens with zero attached hydrogens (tertiary/aromatic N) is 1. The smallest absolute Gasteiger partial charge is 0.253 e. The van der Waals surface area contributed by atoms with Crippen molar-refractivity contribution in [3.05, 3.63) is 89.4 Å². The molecule has 0 aliphatic carbocycles. The van der Waals surface area contributed by atoms with Crippen LogP contribution in [0.15, 0.2) is 78.9 Å². The SMILES string of the molecule is O=C(Cl)c1cc(-c2ccc(Cl)cc2)nc2c(-c3ccccc3)cccc12. The molecule has 0 bridgehead atoms. The fourth-order valence-corrected chi connectivity index (χ4v) is 3.31. The van der Waals surface area contributed by atoms with E-state index in [0.29, 0.717) is 16.3 Å². The van der Waals surface area contributed by atoms with Crippen LogP contribution in [0.25, 0.3) is 33.3 Å². The van der Waals surface area contributed by atoms with Crippen LogP contribution in [0, 0.1) is 0 Å². The van der Waals surface area contributed by atoms with Crippen LogP contribution in [-0.4, -0.2) is 10.2 Å². The molecular weight excluding hydrogens is 365 g/mol. The quantitative estimate of drug-likeness (QED) is 0.376. The lowest BCUT2D eigenvalue weighted by molar-refractivity contribution is 0.108. The summed E-state index contributed by atoms with van der Waals surface area (Å²) in [7, 11) is 0. The minimum absolute atomic E-state index is 0.444. The van der Waals surface area contributed by atoms with Gasteiger partial charge < -0.3 is 0 Å². The van der Waals surface area contributed by atoms with E-state index in [1.54, 1.807) is 18.2 Å². The molecule has 0 saturated heterocycles. The Kier molecular flexibility index (Phi) is 4.46. The highest BCUT2D eigenvalue weighted by Gasteiger charge is 2.15. The van der Waals surface area contributed by atoms with Crippen molar-refractivity contribution in [2.24, 2.45) is 0 Å². The number of rotatable bonds is 3. The van der Waals surface area contributed by atoms with Crippen molar-refractivity contribution in [3.63, 3.8) is 0 Å². The molecule has 0 aliphatic rings. The van der Waals surface area contributed by atoms with Crippen LogP contribution in [0.5, 0.6) is 0 Å². The third-order valence-corrected chi connectivity index (χ3v) is 4.73. The Hall–Kier alpha value is -2.68. The van der Waals surface area contributed by atoms with Gasteiger partial charge >= 0.3 is 0 Å². The van der Waals surface area contributed by atoms with Crippen molar-refractivity contribution in [3.8, 4) is 22.4 Å². The number of hydrogen-bond acceptors (Lipinski definition) is 2. The average molecular weight is 378 g/mol. The van der Waals surface area contributed by atoms with Crippen LogP contribution >= 0.6 is 23.2 Å². The summed E-state index contributed by atoms with van der Waals surface area (Å²) in [6, 6.07) is 24.8. The number of halogens is 2. The largest absolute Gasteiger partial charge is 0.276 e. The molecule has 0 saturated carbocycles. The van der Waals surface area contributed by atoms with E-state index < -0.39 is 5.24 Å². The summed E-state index contributed by atoms with van der Waals surface area (Å²) in [6.45, 7) is 0. The van der Waals surface area contributed by atoms with Crippen LogP contribution in [0.1, 0.15) is 10.4 Å². The van der Waals surface area contributed by atoms with Crippen molar-refractivity contribution in [2.75, 3.05) is 0 Å². The summed E-state index contributed by atoms with van der Waals surface area (Å²) < 4.78 is 0. The second kappa shape index (κ2) is 6.91. The Bertz CT molecular complexity index is 1110. The van der Waals surface area contributed by atoms with Crippen LogP contribution in [0.3, 0.4) is 0 Å². The molecule has 0 fully saturated rings. The van der Waals surface area contributed by atoms with Gasteiger partial charge in [0.2, 0.25) is 0 Å². The minimum Gasteiger partial charge on any atom is -0.276 e. The van der Waals surface area contributed by atoms with Gasteiger partial charge in [-0.3, -0.25) is 4.79 Å². The Labute approximate surface area is 161 Å². The lowest BCUT2D eigenvalue weighted by atomic mass is 9.98. The Morgan fingerprint density at radius 2 is 1.54 bits per heavy atom. The van der Waals surface area contributed by atoms with E-state index in [2.05, 4.69) is 0 Å². The number of fused-ring (bicyclic) bond motifs is 1. The fraction of sp³-hybridized carbons (Fsp3) is 0. The van der Waals surface area contributed by atoms with Gasteiger partial charge in [0.15, 0.2) is 0 Å². The van der Waals surface area contributed by atoms with Gasteiger partial charge in [-0.15, -0.1) is 0 Å². The van der Waals surface area contributed by atoms with Gasteiger partial charge in [-0.05, 0) is 35.4 Å². The number of benzene rings is 3. The highest BCUT2D eigenvalue weighted by molar-refractivity contribution is 6.68. The van der Waals surface area contributed by atoms with Gasteiger partial charge in [-0.2, -0.15) is 0 Å². The van der Waals surface area contributed by atoms with Crippen molar-refractivity contribution in [1.82, 2.24) is 4.98 Å². The number of carbonyl (C=O) groups excluding carboxylic acids is 1. The third kappa shape index (κ3) is 3.10. The molecule has 0 N–H and O–H groups in total. The van der Waals surface area contributed by atoms with Gasteiger partial charge in [-0.25, -0.2) is 4.98 Å². The number of aromatic nitrogens is 1. The molecule has 0 aliphatic heterocycles. The Morgan fingerprint density at radius 1 is 0.808 bits per heavy atom. The molecule has 0 atom stereocenters. The second-order valence-corrected chi connectivity index (χ2v) is 6.68. The maximum absolute atomic E-state index is 12.1. The molecule has 1 aromatic heterocycles. The molecule has 26 heavy (non-hydrogen) atoms. The summed E-state index contributed by atoms with van der Waals surface area (Å²) in [6.07, 6.45) is 0. The monoisotopic (exact) mass is 377 g/mol. The fourth-order valence-electron chi connectivity index (χ4n) is 3.03. The average Bonchev–Trinajstić information content (AvgIpc) is 2.68. The van der Waals surface area contributed by atoms with Crippen LogP contribution in [0.2, 0.25) is 5.02 Å². The topological polar surface area (TPSA) is 30.0 Å². The van der Waals surface area contributed by atoms with E-state index in [1.165, 1.54) is 0 Å². The lowest BCUT2D eigenvalue weighted by Gasteiger charge is -2.11. The predicted octanol–water partition coefficient (Wildman–Crippen LogP) is 6.60. The van der Waals surface area contributed by atoms with Gasteiger partial charge in [0.25, 0.3) is 5.24 Å². The molecule has 4 rings (SSSR count). The molecule has 4 heteroatoms. The van der Waals surface area contributed by atoms with E-state index in [9.17, 15) is 4.79 Å². The van der Waals surface area contributed by atoms with E-state index in [1.807, 2.05) is 60.7 Å². The van der Waals surface area contributed by atoms with Crippen LogP contribution in [-0.2, 0) is 0 Å². The molecule has 0 amide bonds. The van der Waals surface area contributed by atoms with Crippen molar-refractivity contribution >= 4 is 39.3 Å². The molecule has 0 unspecified atom stereocenters. The summed E-state index contributed by atoms with van der Waals surface area (Å²) >= 11 is 11.9. The van der Waals surface area contributed by atoms with Crippen LogP contribution in [0.4, 0.5) is 0 Å². The Balaban J connectivity index is 2.04. The molecule has 126 valence electrons. The lowest BCUT2D eigenvalue weighted by Crippen LogP contribution is -1.97. The molecule has 2 nitrogen and oxygen atoms in total. The van der Waals surface area contributed by atoms with Crippen molar-refractivity contribution < 1.29 is 4.79 Å². The summed E-state index contributed by atoms with van der Waals surface area (Å²) in [4.78, 5) is 16.9. The van der Waals surface area contributed by atoms with Crippen molar-refractivity contribution in [1.29, 1.82) is 0 Å². The molecule has 3 aromatic carbocycles. The second-order valence-electron chi connectivity index (χ2n) is 5.90. The van der Waals surface area contributed by atoms with E-state index in [4.69, 9.17) is 28.2 Å². The molecular formula is C22H13Cl2NO. The third-order valence-electron chi connectivity index (χ3n) is 4.28. The molecule has 1 heterocycles. The highest BCUT2D eigenvalue weighted by Crippen LogP contribution is 2.32. The first-order valence-electron chi connectivity index (χ1n) is 8.08. The van der Waals surface area contributed by atoms with E-state index in [-0.39, 0.29) is 0 Å². The minimum atomic E-state index is -0.502. The first-order valence-corrected chi connectivity index (χ1v) is 8.84. The normalized spacial score (nSPS) is 10.8. The predicted molar refractivity (Wildman–Crippen MR) is 108 cm³/mol. The number of para-hydroxylation sites is 1. The maximum Gasteiger partial charge on any atom is 0.253 e. The van der Waals surface area contributed by atoms with Gasteiger partial charge in [0.05, 0.1) is 11.2 Å². The highest BCUT2D eigenvalue weighted by atomic mass is 35.5. The van der Waals surface area contributed by atoms with E-state index >= 15 is 0 Å². The molecule has 0 radical (unpaired) electrons. The summed E-state index contributed by atoms with van der Waals surface area (Å²) in [5.74, 6) is 0. The number of carbonyl (C=O) groups is 1. The first kappa shape index (κ1) is 16.8. The van der Waals surface area contributed by atoms with Gasteiger partial charge in [0.1, 0.15) is 0 Å². The summed E-state index contributed by atoms with van der Waals surface area (Å²) in [5.41, 5.74) is 4.74. The van der Waals surface area contributed by atoms with E-state index in [0.717, 1.165) is 27.6 Å². The first-order chi connectivity index (χ1) is 12.6. The zero-order chi connectivity index (χ0) is 18.1. The zero-order valence-electron chi connectivity index (χ0n) is 13.6. The number of pyridine rings is 1. The van der Waals surface area contributed by atoms with Crippen molar-refractivity contribution in [2.45, 2.75) is 0 Å². The summed E-state index contributed by atoms with van der Waals surface area (Å²) in [5, 5.41) is 0.884. The zero-order valence-corrected chi connectivity index (χ0v) is 15.1. The van der Waals surface area contributed by atoms with Gasteiger partial charge in [0, 0.05) is 27.1 Å². The van der Waals surface area contributed by atoms with Gasteiger partial charge in [-0.1, -0.05) is 72.3 Å². The number of hydrogen-bond donors (Lipinski definition) is 0. The standard InChI is InChI=1S/C22H13Cl2NO/c23-16-11-9-15(10-12-16)20-13-19(22(24)26)18-8-4-7-17(21(18)25-20)14-5-2-1-3-6-14/h1-13H. The Morgan fingerprint density at radius 3 is 2.23 bits per heavy atom. The molecule has 0 spiro atoms. The molecule has 4 aromatic rings.